The van der Waals surface area contributed by atoms with E-state index < -0.39 is 0 Å². The molecule has 8 heteroatoms. The van der Waals surface area contributed by atoms with Crippen molar-refractivity contribution in [3.63, 3.8) is 0 Å². The second kappa shape index (κ2) is 8.61. The number of Topliss-reactive ketones (excluding diaryl/α,β-unsaturated/α-hetero) is 1. The largest absolute Gasteiger partial charge is 0.498 e. The maximum absolute atomic E-state index is 12.9. The van der Waals surface area contributed by atoms with Crippen molar-refractivity contribution in [1.29, 1.82) is 0 Å². The van der Waals surface area contributed by atoms with E-state index in [0.29, 0.717) is 24.2 Å². The molecule has 1 N–H and O–H groups in total. The average Bonchev–Trinajstić information content (AvgIpc) is 3.46. The molecule has 0 saturated carbocycles. The maximum atomic E-state index is 12.9. The van der Waals surface area contributed by atoms with Crippen LogP contribution in [0.25, 0.3) is 11.2 Å². The Kier molecular flexibility index (Phi) is 5.51. The standard InChI is InChI=1S/C24H27N5O3/c1-15(2)31-11-16-8-9-18-19(22(16)30)6-3-7-20(18)32-12-17-5-4-10-29(17)24-21-23(26-13-25-21)27-14-28-24/h3,6-7,11,13-15,17H,4-5,8-10,12H2,1-2H3,(H,25,26,27,28)/t17-/m1/s1. The number of carbonyl (C=O) groups excluding carboxylic acids is 1. The van der Waals surface area contributed by atoms with E-state index >= 15 is 0 Å². The zero-order chi connectivity index (χ0) is 22.1. The predicted molar refractivity (Wildman–Crippen MR) is 121 cm³/mol. The van der Waals surface area contributed by atoms with Gasteiger partial charge in [0.1, 0.15) is 24.2 Å². The van der Waals surface area contributed by atoms with Crippen molar-refractivity contribution >= 4 is 22.8 Å². The van der Waals surface area contributed by atoms with E-state index in [4.69, 9.17) is 9.47 Å². The average molecular weight is 434 g/mol. The van der Waals surface area contributed by atoms with Crippen LogP contribution in [-0.2, 0) is 11.2 Å². The van der Waals surface area contributed by atoms with Crippen molar-refractivity contribution in [2.45, 2.75) is 51.7 Å². The van der Waals surface area contributed by atoms with Gasteiger partial charge in [0.2, 0.25) is 0 Å². The number of allylic oxidation sites excluding steroid dienone is 1. The molecule has 3 aromatic rings. The molecular weight excluding hydrogens is 406 g/mol. The van der Waals surface area contributed by atoms with Crippen LogP contribution in [-0.4, -0.2) is 51.0 Å². The molecule has 0 spiro atoms. The number of hydrogen-bond acceptors (Lipinski definition) is 7. The monoisotopic (exact) mass is 433 g/mol. The van der Waals surface area contributed by atoms with Gasteiger partial charge in [-0.2, -0.15) is 0 Å². The predicted octanol–water partition coefficient (Wildman–Crippen LogP) is 3.84. The molecule has 0 bridgehead atoms. The molecule has 1 fully saturated rings. The summed E-state index contributed by atoms with van der Waals surface area (Å²) >= 11 is 0. The topological polar surface area (TPSA) is 93.2 Å². The number of ether oxygens (including phenoxy) is 2. The zero-order valence-electron chi connectivity index (χ0n) is 18.4. The molecule has 2 aliphatic rings. The first-order chi connectivity index (χ1) is 15.6. The van der Waals surface area contributed by atoms with Crippen LogP contribution >= 0.6 is 0 Å². The molecule has 0 unspecified atom stereocenters. The van der Waals surface area contributed by atoms with E-state index in [9.17, 15) is 4.79 Å². The molecular formula is C24H27N5O3. The Morgan fingerprint density at radius 3 is 3.03 bits per heavy atom. The SMILES string of the molecule is CC(C)OC=C1CCc2c(OC[C@H]3CCCN3c3ncnc4nc[nH]c34)cccc2C1=O. The number of imidazole rings is 1. The van der Waals surface area contributed by atoms with Crippen LogP contribution < -0.4 is 9.64 Å². The third kappa shape index (κ3) is 3.81. The first kappa shape index (κ1) is 20.5. The number of nitrogens with zero attached hydrogens (tertiary/aromatic N) is 4. The van der Waals surface area contributed by atoms with Crippen LogP contribution in [0.4, 0.5) is 5.82 Å². The Morgan fingerprint density at radius 1 is 1.25 bits per heavy atom. The summed E-state index contributed by atoms with van der Waals surface area (Å²) < 4.78 is 11.9. The van der Waals surface area contributed by atoms with Crippen LogP contribution in [0.3, 0.4) is 0 Å². The molecule has 1 aliphatic heterocycles. The van der Waals surface area contributed by atoms with Gasteiger partial charge in [0.25, 0.3) is 0 Å². The Morgan fingerprint density at radius 2 is 2.16 bits per heavy atom. The number of fused-ring (bicyclic) bond motifs is 2. The molecule has 1 aliphatic carbocycles. The fourth-order valence-electron chi connectivity index (χ4n) is 4.49. The smallest absolute Gasteiger partial charge is 0.192 e. The van der Waals surface area contributed by atoms with Crippen molar-refractivity contribution in [3.8, 4) is 5.75 Å². The lowest BCUT2D eigenvalue weighted by molar-refractivity contribution is 0.101. The third-order valence-electron chi connectivity index (χ3n) is 6.08. The Labute approximate surface area is 186 Å². The van der Waals surface area contributed by atoms with Crippen LogP contribution in [0.15, 0.2) is 42.7 Å². The Balaban J connectivity index is 1.33. The van der Waals surface area contributed by atoms with E-state index in [1.807, 2.05) is 32.0 Å². The highest BCUT2D eigenvalue weighted by molar-refractivity contribution is 6.11. The van der Waals surface area contributed by atoms with Gasteiger partial charge in [-0.1, -0.05) is 12.1 Å². The summed E-state index contributed by atoms with van der Waals surface area (Å²) in [5.41, 5.74) is 3.94. The summed E-state index contributed by atoms with van der Waals surface area (Å²) in [4.78, 5) is 31.3. The van der Waals surface area contributed by atoms with Gasteiger partial charge in [-0.05, 0) is 45.6 Å². The first-order valence-electron chi connectivity index (χ1n) is 11.2. The highest BCUT2D eigenvalue weighted by atomic mass is 16.5. The van der Waals surface area contributed by atoms with E-state index in [1.54, 1.807) is 18.9 Å². The number of anilines is 1. The fourth-order valence-corrected chi connectivity index (χ4v) is 4.49. The van der Waals surface area contributed by atoms with Crippen LogP contribution in [0.2, 0.25) is 0 Å². The van der Waals surface area contributed by atoms with Gasteiger partial charge in [0, 0.05) is 23.2 Å². The van der Waals surface area contributed by atoms with Gasteiger partial charge in [-0.15, -0.1) is 0 Å². The highest BCUT2D eigenvalue weighted by Gasteiger charge is 2.30. The number of nitrogens with one attached hydrogen (secondary N) is 1. The van der Waals surface area contributed by atoms with Gasteiger partial charge in [0.05, 0.1) is 24.7 Å². The van der Waals surface area contributed by atoms with E-state index in [1.165, 1.54) is 0 Å². The van der Waals surface area contributed by atoms with Crippen LogP contribution in [0, 0.1) is 0 Å². The van der Waals surface area contributed by atoms with Crippen LogP contribution in [0.1, 0.15) is 49.0 Å². The number of benzene rings is 1. The lowest BCUT2D eigenvalue weighted by atomic mass is 9.87. The molecule has 8 nitrogen and oxygen atoms in total. The van der Waals surface area contributed by atoms with Crippen molar-refractivity contribution < 1.29 is 14.3 Å². The lowest BCUT2D eigenvalue weighted by Gasteiger charge is -2.27. The van der Waals surface area contributed by atoms with E-state index in [0.717, 1.165) is 54.0 Å². The molecule has 1 aromatic carbocycles. The van der Waals surface area contributed by atoms with Crippen molar-refractivity contribution in [2.75, 3.05) is 18.1 Å². The number of H-pyrrole nitrogens is 1. The summed E-state index contributed by atoms with van der Waals surface area (Å²) in [5.74, 6) is 1.69. The number of carbonyl (C=O) groups is 1. The Bertz CT molecular complexity index is 1170. The summed E-state index contributed by atoms with van der Waals surface area (Å²) in [5, 5.41) is 0. The normalized spacial score (nSPS) is 19.7. The summed E-state index contributed by atoms with van der Waals surface area (Å²) in [6, 6.07) is 5.93. The molecule has 5 rings (SSSR count). The van der Waals surface area contributed by atoms with Crippen molar-refractivity contribution in [2.24, 2.45) is 0 Å². The highest BCUT2D eigenvalue weighted by Crippen LogP contribution is 2.33. The molecule has 1 atom stereocenters. The number of aromatic amines is 1. The number of hydrogen-bond donors (Lipinski definition) is 1. The van der Waals surface area contributed by atoms with Gasteiger partial charge < -0.3 is 19.4 Å². The fraction of sp³-hybridized carbons (Fsp3) is 0.417. The number of ketones is 1. The minimum absolute atomic E-state index is 0.0301. The molecule has 166 valence electrons. The first-order valence-corrected chi connectivity index (χ1v) is 11.2. The minimum Gasteiger partial charge on any atom is -0.498 e. The zero-order valence-corrected chi connectivity index (χ0v) is 18.4. The van der Waals surface area contributed by atoms with Crippen LogP contribution in [0.5, 0.6) is 5.75 Å². The molecule has 1 saturated heterocycles. The summed E-state index contributed by atoms with van der Waals surface area (Å²) in [6.45, 7) is 5.35. The second-order valence-electron chi connectivity index (χ2n) is 8.54. The summed E-state index contributed by atoms with van der Waals surface area (Å²) in [7, 11) is 0. The molecule has 0 amide bonds. The van der Waals surface area contributed by atoms with Gasteiger partial charge in [-0.3, -0.25) is 4.79 Å². The van der Waals surface area contributed by atoms with E-state index in [2.05, 4.69) is 24.8 Å². The third-order valence-corrected chi connectivity index (χ3v) is 6.08. The van der Waals surface area contributed by atoms with Gasteiger partial charge in [0.15, 0.2) is 17.2 Å². The van der Waals surface area contributed by atoms with Gasteiger partial charge in [-0.25, -0.2) is 15.0 Å². The number of rotatable bonds is 6. The Hall–Kier alpha value is -3.42. The molecule has 2 aromatic heterocycles. The van der Waals surface area contributed by atoms with Crippen molar-refractivity contribution in [1.82, 2.24) is 19.9 Å². The number of aromatic nitrogens is 4. The lowest BCUT2D eigenvalue weighted by Crippen LogP contribution is -2.35. The van der Waals surface area contributed by atoms with Crippen molar-refractivity contribution in [3.05, 3.63) is 53.8 Å². The molecule has 32 heavy (non-hydrogen) atoms. The van der Waals surface area contributed by atoms with E-state index in [-0.39, 0.29) is 17.9 Å². The molecule has 3 heterocycles. The summed E-state index contributed by atoms with van der Waals surface area (Å²) in [6.07, 6.45) is 8.40. The van der Waals surface area contributed by atoms with Gasteiger partial charge >= 0.3 is 0 Å². The minimum atomic E-state index is 0.0301. The quantitative estimate of drug-likeness (QED) is 0.466. The second-order valence-corrected chi connectivity index (χ2v) is 8.54. The molecule has 0 radical (unpaired) electrons. The maximum Gasteiger partial charge on any atom is 0.192 e.